The zero-order valence-corrected chi connectivity index (χ0v) is 16.6. The third-order valence-electron chi connectivity index (χ3n) is 2.52. The minimum Gasteiger partial charge on any atom is -0.477 e. The molecule has 0 radical (unpaired) electrons. The zero-order chi connectivity index (χ0) is 16.4. The van der Waals surface area contributed by atoms with E-state index in [2.05, 4.69) is 42.2 Å². The number of unbranched alkanes of at least 4 members (excludes halogenated alkanes) is 2. The molecule has 22 heavy (non-hydrogen) atoms. The Bertz CT molecular complexity index is 558. The second kappa shape index (κ2) is 10.8. The lowest BCUT2D eigenvalue weighted by molar-refractivity contribution is 0.292. The average Bonchev–Trinajstić information content (AvgIpc) is 2.41. The summed E-state index contributed by atoms with van der Waals surface area (Å²) in [5.74, 6) is 0.925. The molecule has 126 valence electrons. The van der Waals surface area contributed by atoms with E-state index in [1.807, 2.05) is 6.07 Å². The maximum atomic E-state index is 10.5. The lowest BCUT2D eigenvalue weighted by Gasteiger charge is -2.07. The van der Waals surface area contributed by atoms with Gasteiger partial charge in [-0.05, 0) is 74.5 Å². The Morgan fingerprint density at radius 3 is 2.73 bits per heavy atom. The van der Waals surface area contributed by atoms with Gasteiger partial charge in [0.15, 0.2) is 0 Å². The van der Waals surface area contributed by atoms with Crippen molar-refractivity contribution in [3.63, 3.8) is 0 Å². The minimum atomic E-state index is -3.91. The second-order valence-electron chi connectivity index (χ2n) is 4.35. The van der Waals surface area contributed by atoms with Crippen LogP contribution < -0.4 is 10.1 Å². The van der Waals surface area contributed by atoms with Crippen LogP contribution in [0.5, 0.6) is 5.88 Å². The van der Waals surface area contributed by atoms with E-state index < -0.39 is 9.15 Å². The van der Waals surface area contributed by atoms with Gasteiger partial charge in [-0.3, -0.25) is 4.55 Å². The van der Waals surface area contributed by atoms with Gasteiger partial charge in [0, 0.05) is 23.0 Å². The standard InChI is InChI=1S/C12H18Br2N2O4S2/c13-10-8-11(14)12(16-9-10)20-6-3-1-2-4-15-5-7-21-22(17,18)19/h8-9,15H,1-7H2,(H,17,18,19). The SMILES string of the molecule is O=S(=O)(O)SCCNCCCCCOc1ncc(Br)cc1Br. The van der Waals surface area contributed by atoms with E-state index in [4.69, 9.17) is 9.29 Å². The van der Waals surface area contributed by atoms with Gasteiger partial charge in [0.2, 0.25) is 5.88 Å². The molecule has 2 N–H and O–H groups in total. The average molecular weight is 478 g/mol. The monoisotopic (exact) mass is 476 g/mol. The second-order valence-corrected chi connectivity index (χ2v) is 9.59. The molecule has 0 amide bonds. The number of hydrogen-bond acceptors (Lipinski definition) is 6. The highest BCUT2D eigenvalue weighted by molar-refractivity contribution is 9.11. The van der Waals surface area contributed by atoms with E-state index in [1.165, 1.54) is 0 Å². The Hall–Kier alpha value is 0.130. The van der Waals surface area contributed by atoms with Crippen molar-refractivity contribution in [2.75, 3.05) is 25.4 Å². The summed E-state index contributed by atoms with van der Waals surface area (Å²) in [6.07, 6.45) is 4.60. The van der Waals surface area contributed by atoms with E-state index in [0.29, 0.717) is 35.6 Å². The van der Waals surface area contributed by atoms with Crippen LogP contribution in [0.1, 0.15) is 19.3 Å². The highest BCUT2D eigenvalue weighted by Gasteiger charge is 2.04. The van der Waals surface area contributed by atoms with Crippen molar-refractivity contribution in [2.24, 2.45) is 0 Å². The first-order chi connectivity index (χ1) is 10.4. The molecule has 0 aliphatic rings. The molecule has 0 saturated carbocycles. The Morgan fingerprint density at radius 1 is 1.27 bits per heavy atom. The number of pyridine rings is 1. The zero-order valence-electron chi connectivity index (χ0n) is 11.8. The molecule has 0 unspecified atom stereocenters. The molecule has 1 aromatic rings. The molecule has 0 aliphatic heterocycles. The van der Waals surface area contributed by atoms with Crippen molar-refractivity contribution in [3.8, 4) is 5.88 Å². The van der Waals surface area contributed by atoms with Crippen LogP contribution in [-0.2, 0) is 9.15 Å². The molecule has 0 spiro atoms. The van der Waals surface area contributed by atoms with Crippen LogP contribution in [0.2, 0.25) is 0 Å². The van der Waals surface area contributed by atoms with Crippen LogP contribution in [0.25, 0.3) is 0 Å². The van der Waals surface area contributed by atoms with Crippen molar-refractivity contribution in [1.29, 1.82) is 0 Å². The molecule has 1 heterocycles. The molecule has 1 rings (SSSR count). The van der Waals surface area contributed by atoms with Gasteiger partial charge >= 0.3 is 9.15 Å². The van der Waals surface area contributed by atoms with E-state index >= 15 is 0 Å². The number of ether oxygens (including phenoxy) is 1. The third-order valence-corrected chi connectivity index (χ3v) is 5.59. The molecular weight excluding hydrogens is 460 g/mol. The fourth-order valence-electron chi connectivity index (χ4n) is 1.55. The minimum absolute atomic E-state index is 0.338. The summed E-state index contributed by atoms with van der Waals surface area (Å²) in [6, 6.07) is 1.89. The van der Waals surface area contributed by atoms with E-state index in [1.54, 1.807) is 6.20 Å². The predicted molar refractivity (Wildman–Crippen MR) is 95.9 cm³/mol. The van der Waals surface area contributed by atoms with Crippen molar-refractivity contribution in [2.45, 2.75) is 19.3 Å². The smallest absolute Gasteiger partial charge is 0.319 e. The predicted octanol–water partition coefficient (Wildman–Crippen LogP) is 3.28. The molecule has 0 aliphatic carbocycles. The fraction of sp³-hybridized carbons (Fsp3) is 0.583. The molecule has 0 fully saturated rings. The van der Waals surface area contributed by atoms with Crippen LogP contribution in [-0.4, -0.2) is 43.4 Å². The summed E-state index contributed by atoms with van der Waals surface area (Å²) in [5.41, 5.74) is 0. The van der Waals surface area contributed by atoms with Crippen molar-refractivity contribution < 1.29 is 17.7 Å². The van der Waals surface area contributed by atoms with E-state index in [0.717, 1.165) is 34.8 Å². The molecule has 6 nitrogen and oxygen atoms in total. The number of nitrogens with zero attached hydrogens (tertiary/aromatic N) is 1. The lowest BCUT2D eigenvalue weighted by Crippen LogP contribution is -2.19. The molecule has 0 bridgehead atoms. The first-order valence-corrected chi connectivity index (χ1v) is 11.2. The van der Waals surface area contributed by atoms with Crippen molar-refractivity contribution in [3.05, 3.63) is 21.2 Å². The van der Waals surface area contributed by atoms with Gasteiger partial charge in [-0.1, -0.05) is 0 Å². The Balaban J connectivity index is 1.98. The van der Waals surface area contributed by atoms with Crippen LogP contribution >= 0.6 is 42.7 Å². The third kappa shape index (κ3) is 10.0. The van der Waals surface area contributed by atoms with Gasteiger partial charge in [0.25, 0.3) is 0 Å². The first kappa shape index (κ1) is 20.2. The van der Waals surface area contributed by atoms with Crippen LogP contribution in [0.3, 0.4) is 0 Å². The highest BCUT2D eigenvalue weighted by Crippen LogP contribution is 2.25. The topological polar surface area (TPSA) is 88.5 Å². The largest absolute Gasteiger partial charge is 0.477 e. The number of hydrogen-bond donors (Lipinski definition) is 2. The van der Waals surface area contributed by atoms with Gasteiger partial charge < -0.3 is 10.1 Å². The first-order valence-electron chi connectivity index (χ1n) is 6.65. The number of halogens is 2. The maximum Gasteiger partial charge on any atom is 0.319 e. The maximum absolute atomic E-state index is 10.5. The Morgan fingerprint density at radius 2 is 2.05 bits per heavy atom. The Labute approximate surface area is 151 Å². The summed E-state index contributed by atoms with van der Waals surface area (Å²) >= 11 is 6.72. The van der Waals surface area contributed by atoms with Gasteiger partial charge in [0.1, 0.15) is 0 Å². The lowest BCUT2D eigenvalue weighted by atomic mass is 10.2. The summed E-state index contributed by atoms with van der Waals surface area (Å²) in [7, 11) is -3.38. The van der Waals surface area contributed by atoms with Gasteiger partial charge in [0.05, 0.1) is 11.1 Å². The van der Waals surface area contributed by atoms with Crippen molar-refractivity contribution in [1.82, 2.24) is 10.3 Å². The molecule has 10 heteroatoms. The molecule has 0 saturated heterocycles. The number of rotatable bonds is 11. The van der Waals surface area contributed by atoms with Crippen molar-refractivity contribution >= 4 is 51.8 Å². The summed E-state index contributed by atoms with van der Waals surface area (Å²) in [5, 5.41) is 3.12. The number of aromatic nitrogens is 1. The quantitative estimate of drug-likeness (QED) is 0.287. The molecule has 0 aromatic carbocycles. The molecule has 1 aromatic heterocycles. The van der Waals surface area contributed by atoms with Crippen LogP contribution in [0.15, 0.2) is 21.2 Å². The van der Waals surface area contributed by atoms with Gasteiger partial charge in [-0.15, -0.1) is 0 Å². The summed E-state index contributed by atoms with van der Waals surface area (Å²) < 4.78 is 36.7. The van der Waals surface area contributed by atoms with Gasteiger partial charge in [-0.25, -0.2) is 4.98 Å². The van der Waals surface area contributed by atoms with E-state index in [-0.39, 0.29) is 0 Å². The summed E-state index contributed by atoms with van der Waals surface area (Å²) in [6.45, 7) is 1.97. The Kier molecular flexibility index (Phi) is 9.92. The molecule has 0 atom stereocenters. The highest BCUT2D eigenvalue weighted by atomic mass is 79.9. The normalized spacial score (nSPS) is 11.6. The molecular formula is C12H18Br2N2O4S2. The summed E-state index contributed by atoms with van der Waals surface area (Å²) in [4.78, 5) is 4.17. The van der Waals surface area contributed by atoms with Gasteiger partial charge in [-0.2, -0.15) is 8.42 Å². The van der Waals surface area contributed by atoms with Crippen LogP contribution in [0.4, 0.5) is 0 Å². The number of nitrogens with one attached hydrogen (secondary N) is 1. The van der Waals surface area contributed by atoms with Crippen LogP contribution in [0, 0.1) is 0 Å². The fourth-order valence-corrected chi connectivity index (χ4v) is 3.97. The van der Waals surface area contributed by atoms with E-state index in [9.17, 15) is 8.42 Å².